The SMILES string of the molecule is CCCCCC/C=N/CCC[Si](OC)(OC)OC. The van der Waals surface area contributed by atoms with Crippen molar-refractivity contribution >= 4 is 15.0 Å². The largest absolute Gasteiger partial charge is 0.500 e. The van der Waals surface area contributed by atoms with Gasteiger partial charge in [-0.15, -0.1) is 0 Å². The maximum absolute atomic E-state index is 5.35. The van der Waals surface area contributed by atoms with Crippen LogP contribution in [0.4, 0.5) is 0 Å². The highest BCUT2D eigenvalue weighted by atomic mass is 28.4. The highest BCUT2D eigenvalue weighted by Gasteiger charge is 2.36. The molecule has 0 saturated carbocycles. The number of rotatable bonds is 12. The zero-order valence-electron chi connectivity index (χ0n) is 12.4. The number of hydrogen-bond acceptors (Lipinski definition) is 4. The molecule has 5 heteroatoms. The fourth-order valence-electron chi connectivity index (χ4n) is 1.79. The highest BCUT2D eigenvalue weighted by Crippen LogP contribution is 2.14. The standard InChI is InChI=1S/C13H29NO3Si/c1-5-6-7-8-9-11-14-12-10-13-18(15-2,16-3)17-4/h11H,5-10,12-13H2,1-4H3/b14-11+. The van der Waals surface area contributed by atoms with Crippen LogP contribution in [0.3, 0.4) is 0 Å². The van der Waals surface area contributed by atoms with Crippen molar-refractivity contribution in [2.24, 2.45) is 4.99 Å². The summed E-state index contributed by atoms with van der Waals surface area (Å²) in [5.74, 6) is 0. The minimum Gasteiger partial charge on any atom is -0.377 e. The Morgan fingerprint density at radius 1 is 0.944 bits per heavy atom. The van der Waals surface area contributed by atoms with Crippen LogP contribution >= 0.6 is 0 Å². The molecular weight excluding hydrogens is 246 g/mol. The van der Waals surface area contributed by atoms with Crippen LogP contribution < -0.4 is 0 Å². The normalized spacial score (nSPS) is 12.4. The number of nitrogens with zero attached hydrogens (tertiary/aromatic N) is 1. The van der Waals surface area contributed by atoms with Crippen molar-refractivity contribution in [3.05, 3.63) is 0 Å². The van der Waals surface area contributed by atoms with E-state index in [0.717, 1.165) is 25.4 Å². The van der Waals surface area contributed by atoms with Crippen LogP contribution in [0.2, 0.25) is 6.04 Å². The van der Waals surface area contributed by atoms with Gasteiger partial charge in [0.25, 0.3) is 0 Å². The molecule has 0 aliphatic carbocycles. The summed E-state index contributed by atoms with van der Waals surface area (Å²) in [7, 11) is 2.57. The smallest absolute Gasteiger partial charge is 0.377 e. The van der Waals surface area contributed by atoms with Gasteiger partial charge in [0.15, 0.2) is 0 Å². The molecule has 0 aliphatic rings. The van der Waals surface area contributed by atoms with E-state index in [0.29, 0.717) is 0 Å². The van der Waals surface area contributed by atoms with Crippen molar-refractivity contribution in [3.63, 3.8) is 0 Å². The number of unbranched alkanes of at least 4 members (excludes halogenated alkanes) is 4. The van der Waals surface area contributed by atoms with Gasteiger partial charge in [-0.1, -0.05) is 26.2 Å². The second kappa shape index (κ2) is 11.8. The third-order valence-electron chi connectivity index (χ3n) is 3.02. The molecule has 0 radical (unpaired) electrons. The van der Waals surface area contributed by atoms with E-state index in [1.807, 2.05) is 6.21 Å². The minimum absolute atomic E-state index is 0.823. The Kier molecular flexibility index (Phi) is 11.7. The van der Waals surface area contributed by atoms with E-state index in [1.165, 1.54) is 25.7 Å². The van der Waals surface area contributed by atoms with Crippen molar-refractivity contribution in [2.45, 2.75) is 51.5 Å². The van der Waals surface area contributed by atoms with Gasteiger partial charge in [-0.3, -0.25) is 4.99 Å². The van der Waals surface area contributed by atoms with Gasteiger partial charge in [0, 0.05) is 33.9 Å². The molecule has 4 nitrogen and oxygen atoms in total. The Balaban J connectivity index is 3.56. The Hall–Kier alpha value is -0.233. The lowest BCUT2D eigenvalue weighted by Gasteiger charge is -2.23. The molecule has 0 bridgehead atoms. The number of hydrogen-bond donors (Lipinski definition) is 0. The molecule has 0 saturated heterocycles. The van der Waals surface area contributed by atoms with Crippen LogP contribution in [-0.4, -0.2) is 42.9 Å². The molecule has 0 unspecified atom stereocenters. The molecule has 108 valence electrons. The lowest BCUT2D eigenvalue weighted by molar-refractivity contribution is 0.123. The maximum atomic E-state index is 5.35. The van der Waals surface area contributed by atoms with E-state index in [2.05, 4.69) is 11.9 Å². The Morgan fingerprint density at radius 3 is 2.17 bits per heavy atom. The summed E-state index contributed by atoms with van der Waals surface area (Å²) >= 11 is 0. The van der Waals surface area contributed by atoms with Gasteiger partial charge in [0.1, 0.15) is 0 Å². The van der Waals surface area contributed by atoms with Crippen LogP contribution in [0.1, 0.15) is 45.4 Å². The van der Waals surface area contributed by atoms with Crippen molar-refractivity contribution in [3.8, 4) is 0 Å². The summed E-state index contributed by atoms with van der Waals surface area (Å²) < 4.78 is 16.1. The highest BCUT2D eigenvalue weighted by molar-refractivity contribution is 6.60. The van der Waals surface area contributed by atoms with Crippen LogP contribution in [0, 0.1) is 0 Å². The van der Waals surface area contributed by atoms with Crippen LogP contribution in [0.15, 0.2) is 4.99 Å². The first-order chi connectivity index (χ1) is 8.74. The third kappa shape index (κ3) is 7.97. The lowest BCUT2D eigenvalue weighted by atomic mass is 10.2. The van der Waals surface area contributed by atoms with E-state index in [-0.39, 0.29) is 0 Å². The van der Waals surface area contributed by atoms with Gasteiger partial charge in [-0.2, -0.15) is 0 Å². The summed E-state index contributed by atoms with van der Waals surface area (Å²) in [5, 5.41) is 0. The molecule has 0 amide bonds. The van der Waals surface area contributed by atoms with E-state index >= 15 is 0 Å². The van der Waals surface area contributed by atoms with E-state index in [9.17, 15) is 0 Å². The average Bonchev–Trinajstić information content (AvgIpc) is 2.42. The van der Waals surface area contributed by atoms with Crippen LogP contribution in [0.5, 0.6) is 0 Å². The molecule has 0 heterocycles. The Morgan fingerprint density at radius 2 is 1.61 bits per heavy atom. The Bertz CT molecular complexity index is 200. The predicted octanol–water partition coefficient (Wildman–Crippen LogP) is 3.30. The molecule has 18 heavy (non-hydrogen) atoms. The second-order valence-corrected chi connectivity index (χ2v) is 7.43. The summed E-state index contributed by atoms with van der Waals surface area (Å²) in [4.78, 5) is 4.41. The van der Waals surface area contributed by atoms with Gasteiger partial charge in [0.05, 0.1) is 0 Å². The lowest BCUT2D eigenvalue weighted by Crippen LogP contribution is -2.42. The summed E-state index contributed by atoms with van der Waals surface area (Å²) in [5.41, 5.74) is 0. The summed E-state index contributed by atoms with van der Waals surface area (Å²) in [6.07, 6.45) is 9.28. The number of aliphatic imine (C=N–C) groups is 1. The first-order valence-electron chi connectivity index (χ1n) is 6.88. The molecule has 0 spiro atoms. The summed E-state index contributed by atoms with van der Waals surface area (Å²) in [6, 6.07) is 0.823. The zero-order chi connectivity index (χ0) is 13.7. The molecule has 0 aromatic heterocycles. The first kappa shape index (κ1) is 17.8. The molecule has 0 aromatic rings. The average molecular weight is 275 g/mol. The van der Waals surface area contributed by atoms with E-state index < -0.39 is 8.80 Å². The van der Waals surface area contributed by atoms with Crippen LogP contribution in [-0.2, 0) is 13.3 Å². The quantitative estimate of drug-likeness (QED) is 0.312. The monoisotopic (exact) mass is 275 g/mol. The van der Waals surface area contributed by atoms with Crippen molar-refractivity contribution in [1.29, 1.82) is 0 Å². The maximum Gasteiger partial charge on any atom is 0.500 e. The fraction of sp³-hybridized carbons (Fsp3) is 0.923. The molecule has 0 atom stereocenters. The van der Waals surface area contributed by atoms with Gasteiger partial charge in [0.2, 0.25) is 0 Å². The van der Waals surface area contributed by atoms with Crippen molar-refractivity contribution < 1.29 is 13.3 Å². The van der Waals surface area contributed by atoms with Gasteiger partial charge in [-0.05, 0) is 25.5 Å². The van der Waals surface area contributed by atoms with E-state index in [4.69, 9.17) is 13.3 Å². The topological polar surface area (TPSA) is 40.0 Å². The fourth-order valence-corrected chi connectivity index (χ4v) is 3.49. The van der Waals surface area contributed by atoms with Gasteiger partial charge in [-0.25, -0.2) is 0 Å². The molecule has 0 fully saturated rings. The zero-order valence-corrected chi connectivity index (χ0v) is 13.4. The minimum atomic E-state index is -2.38. The molecule has 0 aliphatic heterocycles. The third-order valence-corrected chi connectivity index (χ3v) is 5.85. The molecule has 0 rings (SSSR count). The molecule has 0 aromatic carbocycles. The second-order valence-electron chi connectivity index (χ2n) is 4.34. The predicted molar refractivity (Wildman–Crippen MR) is 78.3 cm³/mol. The Labute approximate surface area is 113 Å². The van der Waals surface area contributed by atoms with Gasteiger partial charge < -0.3 is 13.3 Å². The summed E-state index contributed by atoms with van der Waals surface area (Å²) in [6.45, 7) is 3.06. The van der Waals surface area contributed by atoms with Gasteiger partial charge >= 0.3 is 8.80 Å². The molecular formula is C13H29NO3Si. The van der Waals surface area contributed by atoms with Crippen molar-refractivity contribution in [1.82, 2.24) is 0 Å². The van der Waals surface area contributed by atoms with Crippen LogP contribution in [0.25, 0.3) is 0 Å². The first-order valence-corrected chi connectivity index (χ1v) is 8.81. The van der Waals surface area contributed by atoms with E-state index in [1.54, 1.807) is 21.3 Å². The molecule has 0 N–H and O–H groups in total. The van der Waals surface area contributed by atoms with Crippen molar-refractivity contribution in [2.75, 3.05) is 27.9 Å².